The monoisotopic (exact) mass is 468 g/mol. The van der Waals surface area contributed by atoms with Gasteiger partial charge in [0.15, 0.2) is 0 Å². The smallest absolute Gasteiger partial charge is 0.323 e. The number of anilines is 3. The summed E-state index contributed by atoms with van der Waals surface area (Å²) < 4.78 is 6.39. The van der Waals surface area contributed by atoms with Gasteiger partial charge in [-0.15, -0.1) is 0 Å². The highest BCUT2D eigenvalue weighted by Crippen LogP contribution is 2.33. The highest BCUT2D eigenvalue weighted by molar-refractivity contribution is 9.10. The first kappa shape index (κ1) is 20.5. The predicted octanol–water partition coefficient (Wildman–Crippen LogP) is 5.01. The van der Waals surface area contributed by atoms with Gasteiger partial charge in [-0.2, -0.15) is 0 Å². The molecule has 0 aromatic heterocycles. The fraction of sp³-hybridized carbons (Fsp3) is 0.261. The van der Waals surface area contributed by atoms with Crippen LogP contribution in [0.1, 0.15) is 0 Å². The van der Waals surface area contributed by atoms with Crippen molar-refractivity contribution in [2.45, 2.75) is 0 Å². The van der Waals surface area contributed by atoms with Gasteiger partial charge in [0, 0.05) is 41.7 Å². The van der Waals surface area contributed by atoms with E-state index in [1.54, 1.807) is 7.11 Å². The Morgan fingerprint density at radius 3 is 2.53 bits per heavy atom. The number of hydrogen-bond donors (Lipinski definition) is 2. The number of rotatable bonds is 4. The SMILES string of the molecule is COc1ccc(NC(=O)Nc2c(Br)ccc3ccccc23)cc1N1CCN(C)CC1. The number of piperazine rings is 1. The summed E-state index contributed by atoms with van der Waals surface area (Å²) >= 11 is 3.55. The van der Waals surface area contributed by atoms with E-state index in [9.17, 15) is 4.79 Å². The first-order valence-corrected chi connectivity index (χ1v) is 10.7. The Labute approximate surface area is 184 Å². The molecular weight excluding hydrogens is 444 g/mol. The number of nitrogens with zero attached hydrogens (tertiary/aromatic N) is 2. The van der Waals surface area contributed by atoms with Gasteiger partial charge in [-0.1, -0.05) is 30.3 Å². The van der Waals surface area contributed by atoms with E-state index < -0.39 is 0 Å². The fourth-order valence-electron chi connectivity index (χ4n) is 3.71. The molecular formula is C23H25BrN4O2. The molecule has 7 heteroatoms. The lowest BCUT2D eigenvalue weighted by atomic mass is 10.1. The summed E-state index contributed by atoms with van der Waals surface area (Å²) in [5, 5.41) is 7.99. The van der Waals surface area contributed by atoms with Crippen molar-refractivity contribution >= 4 is 49.8 Å². The Bertz CT molecular complexity index is 1060. The summed E-state index contributed by atoms with van der Waals surface area (Å²) in [6.07, 6.45) is 0. The van der Waals surface area contributed by atoms with Crippen molar-refractivity contribution in [1.82, 2.24) is 4.90 Å². The summed E-state index contributed by atoms with van der Waals surface area (Å²) in [6, 6.07) is 17.4. The van der Waals surface area contributed by atoms with Crippen LogP contribution in [-0.4, -0.2) is 51.3 Å². The van der Waals surface area contributed by atoms with E-state index in [1.165, 1.54) is 0 Å². The predicted molar refractivity (Wildman–Crippen MR) is 127 cm³/mol. The van der Waals surface area contributed by atoms with Crippen LogP contribution in [-0.2, 0) is 0 Å². The van der Waals surface area contributed by atoms with Crippen molar-refractivity contribution in [2.75, 3.05) is 55.9 Å². The molecule has 30 heavy (non-hydrogen) atoms. The average molecular weight is 469 g/mol. The maximum atomic E-state index is 12.8. The van der Waals surface area contributed by atoms with Crippen molar-refractivity contribution < 1.29 is 9.53 Å². The van der Waals surface area contributed by atoms with Gasteiger partial charge in [0.1, 0.15) is 5.75 Å². The number of fused-ring (bicyclic) bond motifs is 1. The number of likely N-dealkylation sites (N-methyl/N-ethyl adjacent to an activating group) is 1. The minimum absolute atomic E-state index is 0.290. The number of amides is 2. The van der Waals surface area contributed by atoms with E-state index in [0.29, 0.717) is 0 Å². The van der Waals surface area contributed by atoms with E-state index >= 15 is 0 Å². The zero-order valence-electron chi connectivity index (χ0n) is 17.1. The first-order valence-electron chi connectivity index (χ1n) is 9.92. The summed E-state index contributed by atoms with van der Waals surface area (Å²) in [5.41, 5.74) is 2.46. The second kappa shape index (κ2) is 8.93. The van der Waals surface area contributed by atoms with Crippen molar-refractivity contribution in [2.24, 2.45) is 0 Å². The van der Waals surface area contributed by atoms with Crippen molar-refractivity contribution in [3.63, 3.8) is 0 Å². The molecule has 156 valence electrons. The zero-order valence-corrected chi connectivity index (χ0v) is 18.7. The summed E-state index contributed by atoms with van der Waals surface area (Å²) in [4.78, 5) is 17.4. The standard InChI is InChI=1S/C23H25BrN4O2/c1-27-11-13-28(14-12-27)20-15-17(8-10-21(20)30-2)25-23(29)26-22-18-6-4-3-5-16(18)7-9-19(22)24/h3-10,15H,11-14H2,1-2H3,(H2,25,26,29). The summed E-state index contributed by atoms with van der Waals surface area (Å²) in [7, 11) is 3.80. The number of carbonyl (C=O) groups excluding carboxylic acids is 1. The van der Waals surface area contributed by atoms with Gasteiger partial charge in [0.2, 0.25) is 0 Å². The third-order valence-corrected chi connectivity index (χ3v) is 6.06. The quantitative estimate of drug-likeness (QED) is 0.565. The molecule has 6 nitrogen and oxygen atoms in total. The van der Waals surface area contributed by atoms with Gasteiger partial charge in [-0.25, -0.2) is 4.79 Å². The van der Waals surface area contributed by atoms with Gasteiger partial charge >= 0.3 is 6.03 Å². The number of ether oxygens (including phenoxy) is 1. The molecule has 2 N–H and O–H groups in total. The van der Waals surface area contributed by atoms with Gasteiger partial charge in [0.25, 0.3) is 0 Å². The van der Waals surface area contributed by atoms with Gasteiger partial charge in [-0.05, 0) is 52.6 Å². The third-order valence-electron chi connectivity index (χ3n) is 5.40. The van der Waals surface area contributed by atoms with Crippen LogP contribution in [0.25, 0.3) is 10.8 Å². The molecule has 2 amide bonds. The fourth-order valence-corrected chi connectivity index (χ4v) is 4.15. The van der Waals surface area contributed by atoms with E-state index in [-0.39, 0.29) is 6.03 Å². The van der Waals surface area contributed by atoms with Crippen LogP contribution in [0.2, 0.25) is 0 Å². The Kier molecular flexibility index (Phi) is 6.11. The normalized spacial score (nSPS) is 14.6. The summed E-state index contributed by atoms with van der Waals surface area (Å²) in [6.45, 7) is 3.84. The molecule has 0 atom stereocenters. The topological polar surface area (TPSA) is 56.8 Å². The van der Waals surface area contributed by atoms with E-state index in [1.807, 2.05) is 54.6 Å². The Balaban J connectivity index is 1.54. The lowest BCUT2D eigenvalue weighted by molar-refractivity contribution is 0.262. The molecule has 1 saturated heterocycles. The van der Waals surface area contributed by atoms with E-state index in [0.717, 1.165) is 64.2 Å². The molecule has 0 bridgehead atoms. The maximum Gasteiger partial charge on any atom is 0.323 e. The minimum Gasteiger partial charge on any atom is -0.495 e. The second-order valence-corrected chi connectivity index (χ2v) is 8.25. The van der Waals surface area contributed by atoms with Crippen molar-refractivity contribution in [3.05, 3.63) is 59.1 Å². The lowest BCUT2D eigenvalue weighted by Gasteiger charge is -2.34. The summed E-state index contributed by atoms with van der Waals surface area (Å²) in [5.74, 6) is 0.808. The molecule has 3 aromatic rings. The molecule has 0 unspecified atom stereocenters. The highest BCUT2D eigenvalue weighted by Gasteiger charge is 2.19. The van der Waals surface area contributed by atoms with Crippen LogP contribution < -0.4 is 20.3 Å². The van der Waals surface area contributed by atoms with Crippen molar-refractivity contribution in [1.29, 1.82) is 0 Å². The number of halogens is 1. The van der Waals surface area contributed by atoms with Gasteiger partial charge in [0.05, 0.1) is 18.5 Å². The molecule has 0 radical (unpaired) electrons. The Hall–Kier alpha value is -2.77. The number of hydrogen-bond acceptors (Lipinski definition) is 4. The molecule has 1 aliphatic rings. The number of urea groups is 1. The third kappa shape index (κ3) is 4.37. The minimum atomic E-state index is -0.290. The number of benzene rings is 3. The lowest BCUT2D eigenvalue weighted by Crippen LogP contribution is -2.44. The maximum absolute atomic E-state index is 12.8. The van der Waals surface area contributed by atoms with Crippen LogP contribution in [0, 0.1) is 0 Å². The van der Waals surface area contributed by atoms with Crippen LogP contribution in [0.4, 0.5) is 21.9 Å². The van der Waals surface area contributed by atoms with Crippen LogP contribution in [0.15, 0.2) is 59.1 Å². The average Bonchev–Trinajstić information content (AvgIpc) is 2.76. The molecule has 0 spiro atoms. The van der Waals surface area contributed by atoms with Crippen LogP contribution in [0.5, 0.6) is 5.75 Å². The number of nitrogens with one attached hydrogen (secondary N) is 2. The first-order chi connectivity index (χ1) is 14.5. The molecule has 0 saturated carbocycles. The molecule has 1 fully saturated rings. The molecule has 4 rings (SSSR count). The number of methoxy groups -OCH3 is 1. The Morgan fingerprint density at radius 1 is 1.00 bits per heavy atom. The molecule has 1 aliphatic heterocycles. The molecule has 3 aromatic carbocycles. The Morgan fingerprint density at radius 2 is 1.77 bits per heavy atom. The second-order valence-electron chi connectivity index (χ2n) is 7.40. The molecule has 0 aliphatic carbocycles. The largest absolute Gasteiger partial charge is 0.495 e. The van der Waals surface area contributed by atoms with E-state index in [4.69, 9.17) is 4.74 Å². The zero-order chi connectivity index (χ0) is 21.1. The van der Waals surface area contributed by atoms with E-state index in [2.05, 4.69) is 43.4 Å². The van der Waals surface area contributed by atoms with Gasteiger partial charge in [-0.3, -0.25) is 0 Å². The van der Waals surface area contributed by atoms with Crippen LogP contribution >= 0.6 is 15.9 Å². The highest BCUT2D eigenvalue weighted by atomic mass is 79.9. The van der Waals surface area contributed by atoms with Gasteiger partial charge < -0.3 is 25.2 Å². The molecule has 1 heterocycles. The number of carbonyl (C=O) groups is 1. The van der Waals surface area contributed by atoms with Crippen LogP contribution in [0.3, 0.4) is 0 Å². The van der Waals surface area contributed by atoms with Crippen molar-refractivity contribution in [3.8, 4) is 5.75 Å².